The fraction of sp³-hybridized carbons (Fsp3) is 0.0526. The van der Waals surface area contributed by atoms with Gasteiger partial charge < -0.3 is 27.4 Å². The number of nitriles is 3. The Morgan fingerprint density at radius 3 is 0.738 bits per heavy atom. The lowest BCUT2D eigenvalue weighted by molar-refractivity contribution is 1.09. The molecule has 126 heavy (non-hydrogen) atoms. The highest BCUT2D eigenvalue weighted by molar-refractivity contribution is 6.18. The van der Waals surface area contributed by atoms with Gasteiger partial charge >= 0.3 is 0 Å². The molecule has 24 rings (SSSR count). The van der Waals surface area contributed by atoms with Crippen molar-refractivity contribution in [3.05, 3.63) is 415 Å². The number of aryl methyl sites for hydroxylation is 6. The second-order valence-electron chi connectivity index (χ2n) is 32.6. The average Bonchev–Trinajstić information content (AvgIpc) is 1.56. The first-order valence-electron chi connectivity index (χ1n) is 42.4. The van der Waals surface area contributed by atoms with Crippen LogP contribution < -0.4 is 0 Å². The van der Waals surface area contributed by atoms with E-state index in [1.54, 1.807) is 0 Å². The zero-order valence-electron chi connectivity index (χ0n) is 70.0. The zero-order chi connectivity index (χ0) is 85.1. The van der Waals surface area contributed by atoms with Gasteiger partial charge in [-0.15, -0.1) is 0 Å². The SMILES string of the molecule is Cc1cccc2c1c1ccccc1n2-c1cncc(-n2c3ccccc3c3c(C)cccc32)c1-c1ccc(C#N)cc1.Cc1cccc2c1c1ccccc1n2-c1cncc(-n2c3ccccc3c3c(C)cccc32)c1-c1cccc(C#N)c1.Cc1cccc2c1c1ccccc1n2-c1cncc(-n2c3ccccc3c3c(C)cccc32)c1-c1ccccc1C#N. The third kappa shape index (κ3) is 11.7. The molecule has 24 aromatic rings. The summed E-state index contributed by atoms with van der Waals surface area (Å²) >= 11 is 0. The first-order chi connectivity index (χ1) is 62.0. The van der Waals surface area contributed by atoms with E-state index in [9.17, 15) is 15.8 Å². The van der Waals surface area contributed by atoms with Crippen LogP contribution in [0.5, 0.6) is 0 Å². The standard InChI is InChI=1S/3C38H26N4/c1-24-10-7-18-32-36(24)28-14-3-5-16-30(28)41(32)34-22-40-23-35(38(34)27-13-9-12-26(20-27)21-39)42-31-17-6-4-15-29(31)37-25(2)11-8-19-33(37)42;1-24-9-7-15-32-36(24)28-11-3-5-13-30(28)41(32)34-22-40-23-35(38(34)27-19-17-26(21-39)18-20-27)42-31-14-6-4-12-29(31)37-25(2)10-8-16-33(37)42;1-24-11-9-19-32-36(24)28-15-5-7-17-30(28)41(32)34-22-40-23-35(38(34)27-14-4-3-13-26(27)21-39)42-31-18-8-6-16-29(31)37-25(2)12-10-20-33(37)42/h3*3-20,22-23H,1-2H3. The molecule has 9 aromatic heterocycles. The van der Waals surface area contributed by atoms with Gasteiger partial charge in [-0.1, -0.05) is 224 Å². The van der Waals surface area contributed by atoms with E-state index in [2.05, 4.69) is 366 Å². The van der Waals surface area contributed by atoms with Gasteiger partial charge in [-0.2, -0.15) is 15.8 Å². The predicted molar refractivity (Wildman–Crippen MR) is 518 cm³/mol. The summed E-state index contributed by atoms with van der Waals surface area (Å²) < 4.78 is 14.0. The van der Waals surface area contributed by atoms with Gasteiger partial charge in [-0.3, -0.25) is 15.0 Å². The summed E-state index contributed by atoms with van der Waals surface area (Å²) in [6, 6.07) is 121. The fourth-order valence-corrected chi connectivity index (χ4v) is 20.2. The van der Waals surface area contributed by atoms with Gasteiger partial charge in [-0.05, 0) is 189 Å². The van der Waals surface area contributed by atoms with Gasteiger partial charge in [0.2, 0.25) is 0 Å². The van der Waals surface area contributed by atoms with Crippen LogP contribution in [-0.4, -0.2) is 42.4 Å². The summed E-state index contributed by atoms with van der Waals surface area (Å²) in [6.07, 6.45) is 11.8. The Balaban J connectivity index is 0.000000112. The van der Waals surface area contributed by atoms with Crippen molar-refractivity contribution < 1.29 is 0 Å². The molecule has 0 amide bonds. The van der Waals surface area contributed by atoms with E-state index in [1.165, 1.54) is 98.0 Å². The van der Waals surface area contributed by atoms with E-state index in [-0.39, 0.29) is 0 Å². The van der Waals surface area contributed by atoms with Crippen molar-refractivity contribution in [2.45, 2.75) is 41.5 Å². The monoisotopic (exact) mass is 1610 g/mol. The van der Waals surface area contributed by atoms with Crippen LogP contribution in [0.1, 0.15) is 50.1 Å². The second kappa shape index (κ2) is 30.3. The van der Waals surface area contributed by atoms with Gasteiger partial charge in [-0.25, -0.2) is 0 Å². The first-order valence-corrected chi connectivity index (χ1v) is 42.4. The molecule has 15 aromatic carbocycles. The number of rotatable bonds is 9. The summed E-state index contributed by atoms with van der Waals surface area (Å²) in [5.74, 6) is 0. The Morgan fingerprint density at radius 1 is 0.206 bits per heavy atom. The minimum Gasteiger partial charge on any atom is -0.307 e. The molecule has 0 aliphatic heterocycles. The van der Waals surface area contributed by atoms with Gasteiger partial charge in [0.05, 0.1) is 172 Å². The molecule has 0 bridgehead atoms. The molecule has 0 N–H and O–H groups in total. The number of para-hydroxylation sites is 6. The zero-order valence-corrected chi connectivity index (χ0v) is 70.0. The Bertz CT molecular complexity index is 8380. The van der Waals surface area contributed by atoms with Crippen LogP contribution in [0.4, 0.5) is 0 Å². The number of hydrogen-bond donors (Lipinski definition) is 0. The topological polar surface area (TPSA) is 140 Å². The molecule has 12 heteroatoms. The molecule has 0 saturated heterocycles. The van der Waals surface area contributed by atoms with Gasteiger partial charge in [0.15, 0.2) is 0 Å². The maximum Gasteiger partial charge on any atom is 0.0998 e. The summed E-state index contributed by atoms with van der Waals surface area (Å²) in [7, 11) is 0. The van der Waals surface area contributed by atoms with Crippen molar-refractivity contribution >= 4 is 131 Å². The number of aromatic nitrogens is 9. The number of pyridine rings is 3. The highest BCUT2D eigenvalue weighted by Gasteiger charge is 2.29. The minimum absolute atomic E-state index is 0.623. The molecular weight excluding hydrogens is 1540 g/mol. The van der Waals surface area contributed by atoms with Crippen LogP contribution in [0.15, 0.2) is 365 Å². The van der Waals surface area contributed by atoms with Crippen molar-refractivity contribution in [2.75, 3.05) is 0 Å². The third-order valence-electron chi connectivity index (χ3n) is 25.5. The molecular formula is C114H78N12. The molecule has 0 radical (unpaired) electrons. The van der Waals surface area contributed by atoms with Gasteiger partial charge in [0, 0.05) is 86.9 Å². The Kier molecular flexibility index (Phi) is 18.1. The smallest absolute Gasteiger partial charge is 0.0998 e. The maximum absolute atomic E-state index is 10.3. The summed E-state index contributed by atoms with van der Waals surface area (Å²) in [6.45, 7) is 13.0. The van der Waals surface area contributed by atoms with E-state index in [1.807, 2.05) is 85.7 Å². The van der Waals surface area contributed by atoms with E-state index >= 15 is 0 Å². The first kappa shape index (κ1) is 75.2. The summed E-state index contributed by atoms with van der Waals surface area (Å²) in [4.78, 5) is 14.7. The van der Waals surface area contributed by atoms with E-state index in [0.29, 0.717) is 16.7 Å². The van der Waals surface area contributed by atoms with Gasteiger partial charge in [0.1, 0.15) is 0 Å². The van der Waals surface area contributed by atoms with E-state index in [4.69, 9.17) is 15.0 Å². The number of benzene rings is 15. The number of hydrogen-bond acceptors (Lipinski definition) is 6. The van der Waals surface area contributed by atoms with Crippen LogP contribution in [0.25, 0.3) is 198 Å². The molecule has 0 unspecified atom stereocenters. The maximum atomic E-state index is 10.3. The van der Waals surface area contributed by atoms with Crippen molar-refractivity contribution in [3.63, 3.8) is 0 Å². The minimum atomic E-state index is 0.623. The van der Waals surface area contributed by atoms with Crippen LogP contribution >= 0.6 is 0 Å². The van der Waals surface area contributed by atoms with Crippen LogP contribution in [0.3, 0.4) is 0 Å². The van der Waals surface area contributed by atoms with E-state index in [0.717, 1.165) is 134 Å². The number of nitrogens with zero attached hydrogens (tertiary/aromatic N) is 12. The van der Waals surface area contributed by atoms with Crippen molar-refractivity contribution in [2.24, 2.45) is 0 Å². The van der Waals surface area contributed by atoms with Crippen molar-refractivity contribution in [3.8, 4) is 85.7 Å². The molecule has 9 heterocycles. The predicted octanol–water partition coefficient (Wildman–Crippen LogP) is 28.3. The highest BCUT2D eigenvalue weighted by Crippen LogP contribution is 2.48. The van der Waals surface area contributed by atoms with Crippen LogP contribution in [0.2, 0.25) is 0 Å². The molecule has 0 aliphatic carbocycles. The second-order valence-corrected chi connectivity index (χ2v) is 32.6. The molecule has 0 spiro atoms. The van der Waals surface area contributed by atoms with Crippen molar-refractivity contribution in [1.29, 1.82) is 15.8 Å². The lowest BCUT2D eigenvalue weighted by Crippen LogP contribution is -2.05. The Hall–Kier alpha value is -17.0. The third-order valence-corrected chi connectivity index (χ3v) is 25.5. The molecule has 594 valence electrons. The number of fused-ring (bicyclic) bond motifs is 18. The van der Waals surface area contributed by atoms with E-state index < -0.39 is 0 Å². The molecule has 0 atom stereocenters. The quantitative estimate of drug-likeness (QED) is 0.141. The largest absolute Gasteiger partial charge is 0.307 e. The van der Waals surface area contributed by atoms with Crippen LogP contribution in [-0.2, 0) is 0 Å². The average molecular weight is 1620 g/mol. The summed E-state index contributed by atoms with van der Waals surface area (Å²) in [5.41, 5.74) is 34.5. The van der Waals surface area contributed by atoms with Crippen LogP contribution in [0, 0.1) is 75.5 Å². The molecule has 0 saturated carbocycles. The lowest BCUT2D eigenvalue weighted by Gasteiger charge is -2.20. The fourth-order valence-electron chi connectivity index (χ4n) is 20.2. The lowest BCUT2D eigenvalue weighted by atomic mass is 9.97. The summed E-state index contributed by atoms with van der Waals surface area (Å²) in [5, 5.41) is 44.4. The van der Waals surface area contributed by atoms with Gasteiger partial charge in [0.25, 0.3) is 0 Å². The Morgan fingerprint density at radius 2 is 0.452 bits per heavy atom. The Labute approximate surface area is 726 Å². The molecule has 0 fully saturated rings. The molecule has 12 nitrogen and oxygen atoms in total. The molecule has 0 aliphatic rings. The van der Waals surface area contributed by atoms with Crippen molar-refractivity contribution in [1.82, 2.24) is 42.4 Å². The normalized spacial score (nSPS) is 11.5. The highest BCUT2D eigenvalue weighted by atomic mass is 15.1.